The Morgan fingerprint density at radius 2 is 1.67 bits per heavy atom. The van der Waals surface area contributed by atoms with Crippen molar-refractivity contribution in [3.05, 3.63) is 35.2 Å². The first-order chi connectivity index (χ1) is 16.1. The molecule has 5 rings (SSSR count). The number of hydrogen-bond donors (Lipinski definition) is 0. The molecule has 0 bridgehead atoms. The summed E-state index contributed by atoms with van der Waals surface area (Å²) < 4.78 is 5.58. The van der Waals surface area contributed by atoms with Crippen LogP contribution < -0.4 is 0 Å². The van der Waals surface area contributed by atoms with E-state index in [2.05, 4.69) is 10.1 Å². The van der Waals surface area contributed by atoms with Crippen molar-refractivity contribution in [3.63, 3.8) is 0 Å². The van der Waals surface area contributed by atoms with Gasteiger partial charge in [0.1, 0.15) is 6.04 Å². The Morgan fingerprint density at radius 1 is 0.909 bits per heavy atom. The van der Waals surface area contributed by atoms with E-state index in [4.69, 9.17) is 16.1 Å². The summed E-state index contributed by atoms with van der Waals surface area (Å²) in [6, 6.07) is 7.02. The maximum absolute atomic E-state index is 13.5. The summed E-state index contributed by atoms with van der Waals surface area (Å²) in [6.45, 7) is 1.98. The molecule has 3 fully saturated rings. The summed E-state index contributed by atoms with van der Waals surface area (Å²) in [4.78, 5) is 35.0. The van der Waals surface area contributed by atoms with E-state index in [0.29, 0.717) is 29.8 Å². The van der Waals surface area contributed by atoms with Gasteiger partial charge in [-0.25, -0.2) is 0 Å². The number of amides is 2. The zero-order chi connectivity index (χ0) is 22.8. The highest BCUT2D eigenvalue weighted by atomic mass is 35.5. The molecule has 1 aromatic heterocycles. The highest BCUT2D eigenvalue weighted by Crippen LogP contribution is 2.32. The maximum Gasteiger partial charge on any atom is 0.245 e. The van der Waals surface area contributed by atoms with E-state index in [1.807, 2.05) is 21.9 Å². The summed E-state index contributed by atoms with van der Waals surface area (Å²) in [5.74, 6) is 1.50. The summed E-state index contributed by atoms with van der Waals surface area (Å²) in [5.41, 5.74) is 0.848. The topological polar surface area (TPSA) is 79.5 Å². The molecule has 2 aromatic rings. The number of carbonyl (C=O) groups is 2. The van der Waals surface area contributed by atoms with Crippen molar-refractivity contribution in [1.82, 2.24) is 19.9 Å². The lowest BCUT2D eigenvalue weighted by Gasteiger charge is -2.36. The number of hydrogen-bond acceptors (Lipinski definition) is 5. The van der Waals surface area contributed by atoms with Gasteiger partial charge in [-0.2, -0.15) is 4.98 Å². The zero-order valence-corrected chi connectivity index (χ0v) is 19.7. The number of rotatable bonds is 4. The van der Waals surface area contributed by atoms with E-state index < -0.39 is 0 Å². The first-order valence-electron chi connectivity index (χ1n) is 12.3. The van der Waals surface area contributed by atoms with E-state index in [-0.39, 0.29) is 29.7 Å². The molecule has 1 saturated carbocycles. The Bertz CT molecular complexity index is 986. The van der Waals surface area contributed by atoms with Crippen LogP contribution >= 0.6 is 11.6 Å². The van der Waals surface area contributed by atoms with E-state index >= 15 is 0 Å². The molecule has 2 amide bonds. The third-order valence-electron chi connectivity index (χ3n) is 7.40. The zero-order valence-electron chi connectivity index (χ0n) is 18.9. The van der Waals surface area contributed by atoms with E-state index in [9.17, 15) is 9.59 Å². The number of aromatic nitrogens is 2. The van der Waals surface area contributed by atoms with Gasteiger partial charge in [-0.05, 0) is 62.8 Å². The molecule has 3 aliphatic rings. The highest BCUT2D eigenvalue weighted by molar-refractivity contribution is 6.30. The number of likely N-dealkylation sites (tertiary alicyclic amines) is 2. The van der Waals surface area contributed by atoms with Crippen molar-refractivity contribution in [3.8, 4) is 11.4 Å². The van der Waals surface area contributed by atoms with Crippen LogP contribution in [0.1, 0.15) is 69.6 Å². The fourth-order valence-corrected chi connectivity index (χ4v) is 5.70. The molecule has 7 nitrogen and oxygen atoms in total. The predicted molar refractivity (Wildman–Crippen MR) is 125 cm³/mol. The van der Waals surface area contributed by atoms with Gasteiger partial charge in [-0.1, -0.05) is 36.0 Å². The number of benzene rings is 1. The van der Waals surface area contributed by atoms with Crippen molar-refractivity contribution in [2.24, 2.45) is 5.92 Å². The highest BCUT2D eigenvalue weighted by Gasteiger charge is 2.40. The molecule has 2 atom stereocenters. The Labute approximate surface area is 199 Å². The fourth-order valence-electron chi connectivity index (χ4n) is 5.58. The molecule has 2 saturated heterocycles. The average Bonchev–Trinajstić information content (AvgIpc) is 3.55. The molecule has 0 spiro atoms. The molecule has 3 heterocycles. The van der Waals surface area contributed by atoms with Gasteiger partial charge in [0.15, 0.2) is 0 Å². The fraction of sp³-hybridized carbons (Fsp3) is 0.600. The van der Waals surface area contributed by atoms with Crippen LogP contribution in [0.3, 0.4) is 0 Å². The van der Waals surface area contributed by atoms with Crippen LogP contribution in [-0.4, -0.2) is 57.4 Å². The van der Waals surface area contributed by atoms with Gasteiger partial charge in [0.25, 0.3) is 0 Å². The molecule has 0 unspecified atom stereocenters. The molecule has 8 heteroatoms. The maximum atomic E-state index is 13.5. The second-order valence-corrected chi connectivity index (χ2v) is 10.0. The number of carbonyl (C=O) groups excluding carboxylic acids is 2. The molecule has 2 aliphatic heterocycles. The van der Waals surface area contributed by atoms with Crippen molar-refractivity contribution in [2.45, 2.75) is 69.7 Å². The van der Waals surface area contributed by atoms with Crippen molar-refractivity contribution in [1.29, 1.82) is 0 Å². The van der Waals surface area contributed by atoms with E-state index in [1.165, 1.54) is 6.42 Å². The first kappa shape index (κ1) is 22.4. The third-order valence-corrected chi connectivity index (χ3v) is 7.65. The molecule has 176 valence electrons. The van der Waals surface area contributed by atoms with Crippen molar-refractivity contribution < 1.29 is 14.1 Å². The monoisotopic (exact) mass is 470 g/mol. The second kappa shape index (κ2) is 9.84. The molecule has 33 heavy (non-hydrogen) atoms. The smallest absolute Gasteiger partial charge is 0.245 e. The van der Waals surface area contributed by atoms with Gasteiger partial charge >= 0.3 is 0 Å². The van der Waals surface area contributed by atoms with Crippen molar-refractivity contribution >= 4 is 23.4 Å². The Hall–Kier alpha value is -2.41. The van der Waals surface area contributed by atoms with Crippen LogP contribution in [0.5, 0.6) is 0 Å². The van der Waals surface area contributed by atoms with Gasteiger partial charge in [0.05, 0.1) is 5.92 Å². The quantitative estimate of drug-likeness (QED) is 0.648. The lowest BCUT2D eigenvalue weighted by Crippen LogP contribution is -2.51. The standard InChI is InChI=1S/C25H31ClN4O3/c26-20-12-10-17(11-13-20)22-27-23(33-28-22)19-8-4-14-29(16-19)25(32)21-9-5-15-30(21)24(31)18-6-2-1-3-7-18/h10-13,18-19,21H,1-9,14-16H2/t19-,21+/m0/s1. The van der Waals surface area contributed by atoms with Gasteiger partial charge in [0.2, 0.25) is 23.5 Å². The van der Waals surface area contributed by atoms with Crippen LogP contribution in [0.15, 0.2) is 28.8 Å². The minimum atomic E-state index is -0.314. The molecular formula is C25H31ClN4O3. The first-order valence-corrected chi connectivity index (χ1v) is 12.7. The Kier molecular flexibility index (Phi) is 6.67. The van der Waals surface area contributed by atoms with Crippen molar-refractivity contribution in [2.75, 3.05) is 19.6 Å². The molecule has 1 aromatic carbocycles. The van der Waals surface area contributed by atoms with E-state index in [0.717, 1.165) is 63.5 Å². The number of halogens is 1. The minimum absolute atomic E-state index is 0.0140. The van der Waals surface area contributed by atoms with Gasteiger partial charge in [-0.3, -0.25) is 9.59 Å². The van der Waals surface area contributed by atoms with Gasteiger partial charge in [-0.15, -0.1) is 0 Å². The van der Waals surface area contributed by atoms with Crippen LogP contribution in [0.2, 0.25) is 5.02 Å². The largest absolute Gasteiger partial charge is 0.340 e. The summed E-state index contributed by atoms with van der Waals surface area (Å²) in [7, 11) is 0. The molecule has 1 aliphatic carbocycles. The summed E-state index contributed by atoms with van der Waals surface area (Å²) in [6.07, 6.45) is 8.86. The van der Waals surface area contributed by atoms with Gasteiger partial charge in [0, 0.05) is 36.1 Å². The molecular weight excluding hydrogens is 440 g/mol. The normalized spacial score (nSPS) is 24.3. The van der Waals surface area contributed by atoms with Crippen LogP contribution in [0.25, 0.3) is 11.4 Å². The Morgan fingerprint density at radius 3 is 2.45 bits per heavy atom. The third kappa shape index (κ3) is 4.79. The lowest BCUT2D eigenvalue weighted by atomic mass is 9.88. The van der Waals surface area contributed by atoms with Gasteiger partial charge < -0.3 is 14.3 Å². The number of piperidine rings is 1. The summed E-state index contributed by atoms with van der Waals surface area (Å²) in [5, 5.41) is 4.80. The van der Waals surface area contributed by atoms with E-state index in [1.54, 1.807) is 12.1 Å². The minimum Gasteiger partial charge on any atom is -0.340 e. The predicted octanol–water partition coefficient (Wildman–Crippen LogP) is 4.67. The van der Waals surface area contributed by atoms with Crippen LogP contribution in [-0.2, 0) is 9.59 Å². The average molecular weight is 471 g/mol. The second-order valence-electron chi connectivity index (χ2n) is 9.61. The molecule has 0 N–H and O–H groups in total. The number of nitrogens with zero attached hydrogens (tertiary/aromatic N) is 4. The van der Waals surface area contributed by atoms with Crippen LogP contribution in [0, 0.1) is 5.92 Å². The SMILES string of the molecule is O=C([C@H]1CCCN1C(=O)C1CCCCC1)N1CCC[C@H](c2nc(-c3ccc(Cl)cc3)no2)C1. The molecule has 0 radical (unpaired) electrons. The lowest BCUT2D eigenvalue weighted by molar-refractivity contribution is -0.147. The summed E-state index contributed by atoms with van der Waals surface area (Å²) >= 11 is 5.97. The Balaban J connectivity index is 1.25. The van der Waals surface area contributed by atoms with Crippen LogP contribution in [0.4, 0.5) is 0 Å².